The summed E-state index contributed by atoms with van der Waals surface area (Å²) in [4.78, 5) is 11.6. The molecule has 1 spiro atoms. The molecule has 0 aromatic rings. The van der Waals surface area contributed by atoms with Crippen LogP contribution in [0.3, 0.4) is 0 Å². The maximum atomic E-state index is 11.6. The van der Waals surface area contributed by atoms with Crippen molar-refractivity contribution in [2.75, 3.05) is 6.61 Å². The molecule has 1 heterocycles. The summed E-state index contributed by atoms with van der Waals surface area (Å²) in [5.74, 6) is -0.666. The maximum Gasteiger partial charge on any atom is 0.338 e. The highest BCUT2D eigenvalue weighted by molar-refractivity contribution is 5.78. The predicted octanol–water partition coefficient (Wildman–Crippen LogP) is 3.04. The lowest BCUT2D eigenvalue weighted by Crippen LogP contribution is -2.49. The average molecular weight is 306 g/mol. The van der Waals surface area contributed by atoms with Crippen molar-refractivity contribution >= 4 is 5.97 Å². The Balaban J connectivity index is 1.68. The van der Waals surface area contributed by atoms with E-state index in [4.69, 9.17) is 4.74 Å². The Labute approximate surface area is 131 Å². The van der Waals surface area contributed by atoms with Gasteiger partial charge in [0.2, 0.25) is 0 Å². The smallest absolute Gasteiger partial charge is 0.338 e. The van der Waals surface area contributed by atoms with Gasteiger partial charge in [-0.05, 0) is 63.7 Å². The van der Waals surface area contributed by atoms with Crippen molar-refractivity contribution < 1.29 is 19.7 Å². The van der Waals surface area contributed by atoms with Gasteiger partial charge in [-0.2, -0.15) is 0 Å². The molecular weight excluding hydrogens is 280 g/mol. The maximum absolute atomic E-state index is 11.6. The molecule has 4 heteroatoms. The van der Waals surface area contributed by atoms with E-state index in [1.165, 1.54) is 38.5 Å². The number of carbonyl (C=O) groups is 1. The van der Waals surface area contributed by atoms with Crippen LogP contribution in [-0.4, -0.2) is 34.5 Å². The molecule has 0 unspecified atom stereocenters. The molecular formula is C18H26O4. The van der Waals surface area contributed by atoms with Crippen molar-refractivity contribution in [3.63, 3.8) is 0 Å². The topological polar surface area (TPSA) is 66.8 Å². The molecule has 0 aromatic carbocycles. The Morgan fingerprint density at radius 2 is 1.91 bits per heavy atom. The van der Waals surface area contributed by atoms with Crippen LogP contribution >= 0.6 is 0 Å². The summed E-state index contributed by atoms with van der Waals surface area (Å²) in [5.41, 5.74) is 1.68. The van der Waals surface area contributed by atoms with Crippen LogP contribution < -0.4 is 0 Å². The zero-order valence-corrected chi connectivity index (χ0v) is 13.1. The number of allylic oxidation sites excluding steroid dienone is 2. The van der Waals surface area contributed by atoms with E-state index in [9.17, 15) is 15.0 Å². The monoisotopic (exact) mass is 306 g/mol. The summed E-state index contributed by atoms with van der Waals surface area (Å²) in [6.07, 6.45) is 10.0. The fraction of sp³-hybridized carbons (Fsp3) is 0.833. The van der Waals surface area contributed by atoms with E-state index in [1.807, 2.05) is 0 Å². The number of hydrogen-bond donors (Lipinski definition) is 2. The van der Waals surface area contributed by atoms with E-state index >= 15 is 0 Å². The Morgan fingerprint density at radius 1 is 1.14 bits per heavy atom. The van der Waals surface area contributed by atoms with Crippen molar-refractivity contribution in [1.29, 1.82) is 0 Å². The molecule has 122 valence electrons. The highest BCUT2D eigenvalue weighted by Crippen LogP contribution is 2.60. The van der Waals surface area contributed by atoms with Crippen LogP contribution in [0.5, 0.6) is 0 Å². The zero-order chi connectivity index (χ0) is 15.4. The molecule has 0 aromatic heterocycles. The van der Waals surface area contributed by atoms with Crippen molar-refractivity contribution in [1.82, 2.24) is 0 Å². The quantitative estimate of drug-likeness (QED) is 0.731. The van der Waals surface area contributed by atoms with E-state index < -0.39 is 17.7 Å². The van der Waals surface area contributed by atoms with Gasteiger partial charge < -0.3 is 14.9 Å². The highest BCUT2D eigenvalue weighted by atomic mass is 16.5. The van der Waals surface area contributed by atoms with Crippen molar-refractivity contribution in [2.24, 2.45) is 11.3 Å². The number of carboxylic acids is 1. The summed E-state index contributed by atoms with van der Waals surface area (Å²) in [7, 11) is 0. The van der Waals surface area contributed by atoms with Crippen LogP contribution in [0.15, 0.2) is 11.1 Å². The zero-order valence-electron chi connectivity index (χ0n) is 13.1. The average Bonchev–Trinajstić information content (AvgIpc) is 3.08. The molecule has 1 saturated heterocycles. The van der Waals surface area contributed by atoms with Gasteiger partial charge in [-0.3, -0.25) is 0 Å². The minimum atomic E-state index is -1.68. The first-order chi connectivity index (χ1) is 10.6. The van der Waals surface area contributed by atoms with Crippen LogP contribution in [0.25, 0.3) is 0 Å². The molecule has 3 saturated carbocycles. The van der Waals surface area contributed by atoms with Crippen molar-refractivity contribution in [2.45, 2.75) is 75.9 Å². The van der Waals surface area contributed by atoms with E-state index in [0.717, 1.165) is 19.3 Å². The van der Waals surface area contributed by atoms with E-state index in [2.05, 4.69) is 0 Å². The number of ether oxygens (including phenoxy) is 1. The lowest BCUT2D eigenvalue weighted by atomic mass is 9.73. The molecule has 2 N–H and O–H groups in total. The minimum Gasteiger partial charge on any atom is -0.479 e. The number of carboxylic acid groups (broad SMARTS) is 1. The second-order valence-corrected chi connectivity index (χ2v) is 7.88. The van der Waals surface area contributed by atoms with Gasteiger partial charge in [0.15, 0.2) is 5.60 Å². The number of aliphatic hydroxyl groups is 1. The second-order valence-electron chi connectivity index (χ2n) is 7.88. The second kappa shape index (κ2) is 5.07. The third-order valence-electron chi connectivity index (χ3n) is 6.84. The first kappa shape index (κ1) is 14.7. The third kappa shape index (κ3) is 2.00. The standard InChI is InChI=1S/C18H26O4/c19-16(20)18(21)9-7-14-13(12-4-2-1-3-5-12)6-8-17(14)10-15(18)22-11-17/h14-15,21H,1-11H2,(H,19,20)/t14-,15+,17+,18+/m0/s1. The van der Waals surface area contributed by atoms with Gasteiger partial charge in [-0.15, -0.1) is 0 Å². The number of hydrogen-bond acceptors (Lipinski definition) is 3. The number of fused-ring (bicyclic) bond motifs is 1. The molecule has 4 fully saturated rings. The Hall–Kier alpha value is -0.870. The third-order valence-corrected chi connectivity index (χ3v) is 6.84. The van der Waals surface area contributed by atoms with Gasteiger partial charge in [0.1, 0.15) is 0 Å². The summed E-state index contributed by atoms with van der Waals surface area (Å²) < 4.78 is 5.82. The molecule has 4 aliphatic rings. The Morgan fingerprint density at radius 3 is 2.64 bits per heavy atom. The first-order valence-corrected chi connectivity index (χ1v) is 8.83. The SMILES string of the molecule is O=C(O)[C@@]1(O)CC[C@H]2C(=C3CCCCC3)CC[C@@]23CO[C@@H]1C3. The summed E-state index contributed by atoms with van der Waals surface area (Å²) in [6.45, 7) is 0.634. The van der Waals surface area contributed by atoms with E-state index in [1.54, 1.807) is 11.1 Å². The van der Waals surface area contributed by atoms with Gasteiger partial charge in [0.05, 0.1) is 12.7 Å². The van der Waals surface area contributed by atoms with Crippen LogP contribution in [0, 0.1) is 11.3 Å². The van der Waals surface area contributed by atoms with Crippen molar-refractivity contribution in [3.8, 4) is 0 Å². The van der Waals surface area contributed by atoms with Crippen LogP contribution in [0.1, 0.15) is 64.2 Å². The van der Waals surface area contributed by atoms with E-state index in [0.29, 0.717) is 18.9 Å². The number of aliphatic carboxylic acids is 1. The predicted molar refractivity (Wildman–Crippen MR) is 81.4 cm³/mol. The van der Waals surface area contributed by atoms with Crippen LogP contribution in [0.4, 0.5) is 0 Å². The van der Waals surface area contributed by atoms with Gasteiger partial charge in [-0.25, -0.2) is 4.79 Å². The Kier molecular flexibility index (Phi) is 3.39. The van der Waals surface area contributed by atoms with Gasteiger partial charge in [0.25, 0.3) is 0 Å². The summed E-state index contributed by atoms with van der Waals surface area (Å²) >= 11 is 0. The summed E-state index contributed by atoms with van der Waals surface area (Å²) in [6, 6.07) is 0. The number of rotatable bonds is 1. The van der Waals surface area contributed by atoms with Crippen LogP contribution in [0.2, 0.25) is 0 Å². The highest BCUT2D eigenvalue weighted by Gasteiger charge is 2.60. The summed E-state index contributed by atoms with van der Waals surface area (Å²) in [5, 5.41) is 20.1. The first-order valence-electron chi connectivity index (χ1n) is 8.83. The lowest BCUT2D eigenvalue weighted by molar-refractivity contribution is -0.174. The largest absolute Gasteiger partial charge is 0.479 e. The van der Waals surface area contributed by atoms with Gasteiger partial charge in [0, 0.05) is 5.41 Å². The molecule has 2 bridgehead atoms. The normalized spacial score (nSPS) is 44.8. The molecule has 0 amide bonds. The van der Waals surface area contributed by atoms with Crippen molar-refractivity contribution in [3.05, 3.63) is 11.1 Å². The molecule has 4 rings (SSSR count). The fourth-order valence-electron chi connectivity index (χ4n) is 5.55. The van der Waals surface area contributed by atoms with Gasteiger partial charge in [-0.1, -0.05) is 17.6 Å². The molecule has 4 nitrogen and oxygen atoms in total. The van der Waals surface area contributed by atoms with E-state index in [-0.39, 0.29) is 5.41 Å². The Bertz CT molecular complexity index is 517. The van der Waals surface area contributed by atoms with Gasteiger partial charge >= 0.3 is 5.97 Å². The lowest BCUT2D eigenvalue weighted by Gasteiger charge is -2.32. The minimum absolute atomic E-state index is 0.102. The molecule has 3 aliphatic carbocycles. The molecule has 0 radical (unpaired) electrons. The molecule has 1 aliphatic heterocycles. The molecule has 22 heavy (non-hydrogen) atoms. The van der Waals surface area contributed by atoms with Crippen LogP contribution in [-0.2, 0) is 9.53 Å². The fourth-order valence-corrected chi connectivity index (χ4v) is 5.55. The molecule has 4 atom stereocenters.